The molecule has 2 N–H and O–H groups in total. The minimum absolute atomic E-state index is 0.370. The van der Waals surface area contributed by atoms with E-state index >= 15 is 0 Å². The Morgan fingerprint density at radius 1 is 1.00 bits per heavy atom. The summed E-state index contributed by atoms with van der Waals surface area (Å²) in [4.78, 5) is 11.2. The van der Waals surface area contributed by atoms with Gasteiger partial charge in [0.25, 0.3) is 0 Å². The maximum Gasteiger partial charge on any atom is 0.333 e. The van der Waals surface area contributed by atoms with Gasteiger partial charge in [-0.15, -0.1) is 0 Å². The summed E-state index contributed by atoms with van der Waals surface area (Å²) in [6.45, 7) is 8.61. The lowest BCUT2D eigenvalue weighted by Crippen LogP contribution is -2.32. The largest absolute Gasteiger partial charge is 0.429 e. The number of cyclic esters (lactones) is 1. The van der Waals surface area contributed by atoms with E-state index in [-0.39, 0.29) is 0 Å². The molecule has 0 saturated heterocycles. The van der Waals surface area contributed by atoms with Gasteiger partial charge in [0, 0.05) is 11.6 Å². The fourth-order valence-corrected chi connectivity index (χ4v) is 3.59. The summed E-state index contributed by atoms with van der Waals surface area (Å²) in [5.41, 5.74) is 5.37. The first-order valence-corrected chi connectivity index (χ1v) is 10.8. The molecule has 0 aliphatic carbocycles. The van der Waals surface area contributed by atoms with Gasteiger partial charge in [-0.3, -0.25) is 0 Å². The molecule has 0 amide bonds. The molecule has 0 radical (unpaired) electrons. The Labute approximate surface area is 180 Å². The highest BCUT2D eigenvalue weighted by molar-refractivity contribution is 5.85. The van der Waals surface area contributed by atoms with Crippen LogP contribution in [0.5, 0.6) is 0 Å². The lowest BCUT2D eigenvalue weighted by atomic mass is 9.98. The highest BCUT2D eigenvalue weighted by atomic mass is 16.6. The number of ether oxygens (including phenoxy) is 2. The first-order valence-electron chi connectivity index (χ1n) is 10.8. The van der Waals surface area contributed by atoms with E-state index < -0.39 is 24.7 Å². The van der Waals surface area contributed by atoms with Crippen LogP contribution in [0, 0.1) is 0 Å². The number of carbonyl (C=O) groups is 1. The molecule has 2 rings (SSSR count). The molecule has 166 valence electrons. The maximum absolute atomic E-state index is 11.2. The second-order valence-corrected chi connectivity index (χ2v) is 8.42. The summed E-state index contributed by atoms with van der Waals surface area (Å²) in [5.74, 6) is -0.580. The highest BCUT2D eigenvalue weighted by Crippen LogP contribution is 2.29. The number of allylic oxidation sites excluding steroid dienone is 6. The summed E-state index contributed by atoms with van der Waals surface area (Å²) in [6, 6.07) is 0. The van der Waals surface area contributed by atoms with Crippen molar-refractivity contribution in [3.8, 4) is 0 Å². The molecule has 0 saturated carbocycles. The summed E-state index contributed by atoms with van der Waals surface area (Å²) in [7, 11) is 0. The van der Waals surface area contributed by atoms with Crippen LogP contribution in [0.1, 0.15) is 72.6 Å². The third-order valence-electron chi connectivity index (χ3n) is 5.42. The van der Waals surface area contributed by atoms with E-state index in [0.717, 1.165) is 44.1 Å². The van der Waals surface area contributed by atoms with E-state index in [0.29, 0.717) is 12.0 Å². The van der Waals surface area contributed by atoms with Crippen LogP contribution in [0.3, 0.4) is 0 Å². The second-order valence-electron chi connectivity index (χ2n) is 8.42. The average molecular weight is 417 g/mol. The first kappa shape index (κ1) is 24.3. The Bertz CT molecular complexity index is 750. The quantitative estimate of drug-likeness (QED) is 0.386. The van der Waals surface area contributed by atoms with Crippen LogP contribution in [0.25, 0.3) is 0 Å². The van der Waals surface area contributed by atoms with Crippen LogP contribution in [-0.4, -0.2) is 34.9 Å². The third kappa shape index (κ3) is 8.05. The molecular weight excluding hydrogens is 380 g/mol. The van der Waals surface area contributed by atoms with E-state index in [1.54, 1.807) is 0 Å². The number of hydrogen-bond acceptors (Lipinski definition) is 5. The Kier molecular flexibility index (Phi) is 9.76. The van der Waals surface area contributed by atoms with Gasteiger partial charge in [-0.25, -0.2) is 4.79 Å². The minimum atomic E-state index is -1.28. The average Bonchev–Trinajstić information content (AvgIpc) is 3.01. The zero-order valence-electron chi connectivity index (χ0n) is 18.7. The van der Waals surface area contributed by atoms with Crippen molar-refractivity contribution in [3.05, 3.63) is 58.2 Å². The normalized spacial score (nSPS) is 25.0. The zero-order valence-corrected chi connectivity index (χ0v) is 18.7. The van der Waals surface area contributed by atoms with Crippen LogP contribution in [0.4, 0.5) is 0 Å². The summed E-state index contributed by atoms with van der Waals surface area (Å²) >= 11 is 0. The highest BCUT2D eigenvalue weighted by Gasteiger charge is 2.34. The van der Waals surface area contributed by atoms with Gasteiger partial charge in [0.2, 0.25) is 6.29 Å². The molecule has 2 heterocycles. The third-order valence-corrected chi connectivity index (χ3v) is 5.42. The van der Waals surface area contributed by atoms with Gasteiger partial charge in [-0.05, 0) is 78.2 Å². The monoisotopic (exact) mass is 416 g/mol. The molecule has 3 unspecified atom stereocenters. The fourth-order valence-electron chi connectivity index (χ4n) is 3.59. The number of rotatable bonds is 10. The lowest BCUT2D eigenvalue weighted by Gasteiger charge is -2.28. The van der Waals surface area contributed by atoms with Crippen molar-refractivity contribution in [2.24, 2.45) is 0 Å². The number of esters is 1. The van der Waals surface area contributed by atoms with Gasteiger partial charge in [0.15, 0.2) is 6.29 Å². The van der Waals surface area contributed by atoms with E-state index in [2.05, 4.69) is 50.7 Å². The number of carbonyl (C=O) groups excluding carboxylic acids is 1. The smallest absolute Gasteiger partial charge is 0.333 e. The van der Waals surface area contributed by atoms with Gasteiger partial charge in [0.1, 0.15) is 0 Å². The van der Waals surface area contributed by atoms with Gasteiger partial charge >= 0.3 is 5.97 Å². The molecule has 0 spiro atoms. The van der Waals surface area contributed by atoms with Crippen LogP contribution < -0.4 is 0 Å². The van der Waals surface area contributed by atoms with E-state index in [1.165, 1.54) is 22.8 Å². The molecule has 0 bridgehead atoms. The standard InChI is InChI=1S/C25H36O5/c1-17(2)8-5-9-18(3)10-6-11-19(4)12-7-13-20-14-15-22(29-24(20)27)21-16-23(26)30-25(21)28/h8,10,12,14,16,22,24-25,27-28H,5-7,9,11,13,15H2,1-4H3. The van der Waals surface area contributed by atoms with E-state index in [1.807, 2.05) is 6.08 Å². The lowest BCUT2D eigenvalue weighted by molar-refractivity contribution is -0.155. The van der Waals surface area contributed by atoms with Crippen molar-refractivity contribution in [2.45, 2.75) is 91.3 Å². The molecule has 0 aromatic rings. The molecule has 0 fully saturated rings. The summed E-state index contributed by atoms with van der Waals surface area (Å²) < 4.78 is 10.3. The van der Waals surface area contributed by atoms with Gasteiger partial charge < -0.3 is 19.7 Å². The van der Waals surface area contributed by atoms with E-state index in [4.69, 9.17) is 4.74 Å². The van der Waals surface area contributed by atoms with Crippen molar-refractivity contribution in [2.75, 3.05) is 0 Å². The second kappa shape index (κ2) is 12.0. The number of aliphatic hydroxyl groups is 2. The zero-order chi connectivity index (χ0) is 22.1. The predicted octanol–water partition coefficient (Wildman–Crippen LogP) is 5.02. The number of aliphatic hydroxyl groups excluding tert-OH is 2. The summed E-state index contributed by atoms with van der Waals surface area (Å²) in [5, 5.41) is 20.0. The molecule has 5 nitrogen and oxygen atoms in total. The SMILES string of the molecule is CC(C)=CCCC(C)=CCCC(C)=CCCC1=CCC(C2=CC(=O)OC2O)OC1O. The first-order chi connectivity index (χ1) is 14.3. The molecule has 0 aromatic heterocycles. The van der Waals surface area contributed by atoms with Crippen LogP contribution >= 0.6 is 0 Å². The molecule has 30 heavy (non-hydrogen) atoms. The molecule has 3 atom stereocenters. The Morgan fingerprint density at radius 3 is 2.20 bits per heavy atom. The molecule has 2 aliphatic rings. The molecule has 2 aliphatic heterocycles. The minimum Gasteiger partial charge on any atom is -0.429 e. The molecule has 5 heteroatoms. The van der Waals surface area contributed by atoms with Gasteiger partial charge in [0.05, 0.1) is 6.10 Å². The predicted molar refractivity (Wildman–Crippen MR) is 118 cm³/mol. The topological polar surface area (TPSA) is 76.0 Å². The Balaban J connectivity index is 1.73. The van der Waals surface area contributed by atoms with Crippen molar-refractivity contribution in [1.29, 1.82) is 0 Å². The van der Waals surface area contributed by atoms with Crippen molar-refractivity contribution >= 4 is 5.97 Å². The Morgan fingerprint density at radius 2 is 1.63 bits per heavy atom. The number of hydrogen-bond donors (Lipinski definition) is 2. The molecular formula is C25H36O5. The van der Waals surface area contributed by atoms with Crippen LogP contribution in [0.2, 0.25) is 0 Å². The van der Waals surface area contributed by atoms with E-state index in [9.17, 15) is 15.0 Å². The van der Waals surface area contributed by atoms with Crippen LogP contribution in [0.15, 0.2) is 58.2 Å². The fraction of sp³-hybridized carbons (Fsp3) is 0.560. The van der Waals surface area contributed by atoms with Crippen molar-refractivity contribution in [3.63, 3.8) is 0 Å². The Hall–Kier alpha value is -1.95. The summed E-state index contributed by atoms with van der Waals surface area (Å²) in [6.07, 6.45) is 13.6. The van der Waals surface area contributed by atoms with Crippen molar-refractivity contribution < 1.29 is 24.5 Å². The van der Waals surface area contributed by atoms with Crippen molar-refractivity contribution in [1.82, 2.24) is 0 Å². The van der Waals surface area contributed by atoms with Gasteiger partial charge in [-0.1, -0.05) is 41.0 Å². The molecule has 0 aromatic carbocycles. The maximum atomic E-state index is 11.2. The van der Waals surface area contributed by atoms with Crippen LogP contribution in [-0.2, 0) is 14.3 Å². The van der Waals surface area contributed by atoms with Gasteiger partial charge in [-0.2, -0.15) is 0 Å².